The van der Waals surface area contributed by atoms with Gasteiger partial charge in [0.15, 0.2) is 46.5 Å². The predicted molar refractivity (Wildman–Crippen MR) is 76.0 cm³/mol. The fourth-order valence-electron chi connectivity index (χ4n) is 2.69. The van der Waals surface area contributed by atoms with Gasteiger partial charge in [-0.25, -0.2) is 39.5 Å². The molecule has 0 aliphatic carbocycles. The van der Waals surface area contributed by atoms with Crippen LogP contribution >= 0.6 is 0 Å². The van der Waals surface area contributed by atoms with Gasteiger partial charge in [-0.3, -0.25) is 0 Å². The molecule has 1 nitrogen and oxygen atoms in total. The third kappa shape index (κ3) is 2.95. The monoisotopic (exact) mass is 402 g/mol. The number of rotatable bonds is 4. The Morgan fingerprint density at radius 1 is 0.519 bits per heavy atom. The molecule has 0 aliphatic rings. The molecule has 0 saturated carbocycles. The van der Waals surface area contributed by atoms with Crippen molar-refractivity contribution in [2.45, 2.75) is 32.3 Å². The van der Waals surface area contributed by atoms with Gasteiger partial charge in [0, 0.05) is 0 Å². The lowest BCUT2D eigenvalue weighted by atomic mass is 9.86. The molecule has 0 aromatic heterocycles. The van der Waals surface area contributed by atoms with E-state index in [1.165, 1.54) is 13.8 Å². The molecular weight excluding hydrogens is 391 g/mol. The van der Waals surface area contributed by atoms with Gasteiger partial charge in [-0.2, -0.15) is 0 Å². The van der Waals surface area contributed by atoms with E-state index in [2.05, 4.69) is 0 Å². The summed E-state index contributed by atoms with van der Waals surface area (Å²) < 4.78 is 125. The van der Waals surface area contributed by atoms with Gasteiger partial charge < -0.3 is 5.11 Å². The van der Waals surface area contributed by atoms with Gasteiger partial charge in [-0.05, 0) is 12.8 Å². The average molecular weight is 402 g/mol. The summed E-state index contributed by atoms with van der Waals surface area (Å²) >= 11 is 0. The van der Waals surface area contributed by atoms with Crippen molar-refractivity contribution >= 4 is 0 Å². The molecule has 0 aliphatic heterocycles. The van der Waals surface area contributed by atoms with Crippen molar-refractivity contribution in [3.05, 3.63) is 57.9 Å². The van der Waals surface area contributed by atoms with E-state index < -0.39 is 87.5 Å². The highest BCUT2D eigenvalue weighted by atomic mass is 19.2. The fourth-order valence-corrected chi connectivity index (χ4v) is 2.69. The minimum absolute atomic E-state index is 0.391. The van der Waals surface area contributed by atoms with E-state index in [0.717, 1.165) is 0 Å². The second-order valence-electron chi connectivity index (χ2n) is 5.69. The maximum atomic E-state index is 14.4. The number of benzene rings is 2. The third-order valence-corrected chi connectivity index (χ3v) is 4.36. The van der Waals surface area contributed by atoms with Gasteiger partial charge in [0.25, 0.3) is 0 Å². The van der Waals surface area contributed by atoms with Crippen molar-refractivity contribution in [1.82, 2.24) is 0 Å². The molecule has 0 saturated heterocycles. The highest BCUT2D eigenvalue weighted by Gasteiger charge is 2.39. The van der Waals surface area contributed by atoms with Crippen molar-refractivity contribution in [3.8, 4) is 11.1 Å². The zero-order valence-electron chi connectivity index (χ0n) is 13.8. The lowest BCUT2D eigenvalue weighted by Crippen LogP contribution is -2.28. The number of halogens is 9. The molecule has 148 valence electrons. The third-order valence-electron chi connectivity index (χ3n) is 4.36. The maximum absolute atomic E-state index is 14.4. The van der Waals surface area contributed by atoms with Gasteiger partial charge in [0.05, 0.1) is 22.3 Å². The molecule has 0 unspecified atom stereocenters. The van der Waals surface area contributed by atoms with Crippen LogP contribution in [0.4, 0.5) is 39.5 Å². The van der Waals surface area contributed by atoms with Crippen molar-refractivity contribution in [1.29, 1.82) is 0 Å². The van der Waals surface area contributed by atoms with Gasteiger partial charge in [0.1, 0.15) is 0 Å². The zero-order valence-corrected chi connectivity index (χ0v) is 13.8. The summed E-state index contributed by atoms with van der Waals surface area (Å²) in [5.41, 5.74) is -8.10. The standard InChI is InChI=1S/C17H11F9O/c1-3-17(27,4-2)7-12(22)8(18)5(9(19)13(7)23)6-10(20)14(24)16(26)15(25)11(6)21/h27H,3-4H2,1-2H3. The minimum atomic E-state index is -2.63. The molecule has 2 aromatic rings. The summed E-state index contributed by atoms with van der Waals surface area (Å²) in [4.78, 5) is 0. The summed E-state index contributed by atoms with van der Waals surface area (Å²) in [6.07, 6.45) is -0.782. The normalized spacial score (nSPS) is 12.0. The molecule has 0 heterocycles. The van der Waals surface area contributed by atoms with Gasteiger partial charge in [0.2, 0.25) is 5.82 Å². The molecule has 0 atom stereocenters. The van der Waals surface area contributed by atoms with Gasteiger partial charge in [-0.15, -0.1) is 0 Å². The second kappa shape index (κ2) is 7.06. The SMILES string of the molecule is CCC(O)(CC)c1c(F)c(F)c(-c2c(F)c(F)c(F)c(F)c2F)c(F)c1F. The minimum Gasteiger partial charge on any atom is -0.385 e. The summed E-state index contributed by atoms with van der Waals surface area (Å²) in [6.45, 7) is 2.49. The Labute approximate surface area is 147 Å². The number of aliphatic hydroxyl groups is 1. The summed E-state index contributed by atoms with van der Waals surface area (Å²) in [5, 5.41) is 10.2. The van der Waals surface area contributed by atoms with Crippen LogP contribution in [0.25, 0.3) is 11.1 Å². The Hall–Kier alpha value is -2.23. The van der Waals surface area contributed by atoms with Gasteiger partial charge >= 0.3 is 0 Å². The fraction of sp³-hybridized carbons (Fsp3) is 0.294. The highest BCUT2D eigenvalue weighted by Crippen LogP contribution is 2.41. The molecule has 0 spiro atoms. The first-order chi connectivity index (χ1) is 12.4. The molecule has 0 radical (unpaired) electrons. The average Bonchev–Trinajstić information content (AvgIpc) is 2.65. The first-order valence-corrected chi connectivity index (χ1v) is 7.55. The van der Waals surface area contributed by atoms with Crippen LogP contribution in [-0.2, 0) is 5.60 Å². The van der Waals surface area contributed by atoms with Crippen LogP contribution in [0.1, 0.15) is 32.3 Å². The van der Waals surface area contributed by atoms with Crippen LogP contribution in [0, 0.1) is 52.4 Å². The first kappa shape index (κ1) is 21.1. The Morgan fingerprint density at radius 3 is 1.07 bits per heavy atom. The lowest BCUT2D eigenvalue weighted by molar-refractivity contribution is 0.0197. The van der Waals surface area contributed by atoms with Crippen LogP contribution in [0.3, 0.4) is 0 Å². The molecule has 2 rings (SSSR count). The molecule has 0 amide bonds. The maximum Gasteiger partial charge on any atom is 0.200 e. The molecule has 0 bridgehead atoms. The van der Waals surface area contributed by atoms with E-state index >= 15 is 0 Å². The Morgan fingerprint density at radius 2 is 0.778 bits per heavy atom. The first-order valence-electron chi connectivity index (χ1n) is 7.55. The van der Waals surface area contributed by atoms with Crippen LogP contribution in [0.15, 0.2) is 0 Å². The van der Waals surface area contributed by atoms with Crippen molar-refractivity contribution < 1.29 is 44.6 Å². The molecule has 1 N–H and O–H groups in total. The zero-order chi connectivity index (χ0) is 20.8. The molecule has 2 aromatic carbocycles. The van der Waals surface area contributed by atoms with Crippen LogP contribution in [0.5, 0.6) is 0 Å². The summed E-state index contributed by atoms with van der Waals surface area (Å²) in [7, 11) is 0. The predicted octanol–water partition coefficient (Wildman–Crippen LogP) is 5.61. The van der Waals surface area contributed by atoms with Crippen LogP contribution in [0.2, 0.25) is 0 Å². The largest absolute Gasteiger partial charge is 0.385 e. The Kier molecular flexibility index (Phi) is 5.51. The molecule has 10 heteroatoms. The van der Waals surface area contributed by atoms with E-state index in [4.69, 9.17) is 0 Å². The lowest BCUT2D eigenvalue weighted by Gasteiger charge is -2.27. The second-order valence-corrected chi connectivity index (χ2v) is 5.69. The molecular formula is C17H11F9O. The summed E-state index contributed by atoms with van der Waals surface area (Å²) in [5.74, 6) is -22.3. The van der Waals surface area contributed by atoms with E-state index in [1.807, 2.05) is 0 Å². The van der Waals surface area contributed by atoms with E-state index in [0.29, 0.717) is 0 Å². The van der Waals surface area contributed by atoms with E-state index in [9.17, 15) is 44.6 Å². The topological polar surface area (TPSA) is 20.2 Å². The quantitative estimate of drug-likeness (QED) is 0.400. The van der Waals surface area contributed by atoms with Crippen molar-refractivity contribution in [2.75, 3.05) is 0 Å². The molecule has 0 fully saturated rings. The molecule has 27 heavy (non-hydrogen) atoms. The highest BCUT2D eigenvalue weighted by molar-refractivity contribution is 5.68. The van der Waals surface area contributed by atoms with Crippen LogP contribution < -0.4 is 0 Å². The van der Waals surface area contributed by atoms with E-state index in [-0.39, 0.29) is 0 Å². The summed E-state index contributed by atoms with van der Waals surface area (Å²) in [6, 6.07) is 0. The number of hydrogen-bond donors (Lipinski definition) is 1. The Bertz CT molecular complexity index is 862. The van der Waals surface area contributed by atoms with Gasteiger partial charge in [-0.1, -0.05) is 13.8 Å². The van der Waals surface area contributed by atoms with Crippen LogP contribution in [-0.4, -0.2) is 5.11 Å². The van der Waals surface area contributed by atoms with E-state index in [1.54, 1.807) is 0 Å². The Balaban J connectivity index is 3.00. The van der Waals surface area contributed by atoms with Crippen molar-refractivity contribution in [3.63, 3.8) is 0 Å². The van der Waals surface area contributed by atoms with Crippen molar-refractivity contribution in [2.24, 2.45) is 0 Å². The number of hydrogen-bond acceptors (Lipinski definition) is 1. The smallest absolute Gasteiger partial charge is 0.200 e.